The zero-order chi connectivity index (χ0) is 16.6. The maximum atomic E-state index is 13.6. The van der Waals surface area contributed by atoms with Crippen LogP contribution in [0.25, 0.3) is 5.65 Å². The van der Waals surface area contributed by atoms with E-state index in [-0.39, 0.29) is 11.7 Å². The van der Waals surface area contributed by atoms with Crippen molar-refractivity contribution in [3.8, 4) is 0 Å². The Hall–Kier alpha value is -2.56. The molecule has 4 nitrogen and oxygen atoms in total. The first kappa shape index (κ1) is 15.3. The van der Waals surface area contributed by atoms with Crippen LogP contribution in [-0.2, 0) is 0 Å². The van der Waals surface area contributed by atoms with Gasteiger partial charge in [0.25, 0.3) is 0 Å². The van der Waals surface area contributed by atoms with Crippen LogP contribution >= 0.6 is 0 Å². The van der Waals surface area contributed by atoms with Crippen LogP contribution in [-0.4, -0.2) is 9.38 Å². The van der Waals surface area contributed by atoms with Crippen LogP contribution in [0.5, 0.6) is 0 Å². The summed E-state index contributed by atoms with van der Waals surface area (Å²) in [6.07, 6.45) is 1.39. The van der Waals surface area contributed by atoms with Gasteiger partial charge in [0.1, 0.15) is 11.5 Å². The van der Waals surface area contributed by atoms with Gasteiger partial charge < -0.3 is 0 Å². The molecule has 118 valence electrons. The third-order valence-electron chi connectivity index (χ3n) is 3.73. The van der Waals surface area contributed by atoms with Crippen molar-refractivity contribution < 1.29 is 4.39 Å². The molecule has 0 spiro atoms. The molecule has 3 aromatic rings. The quantitative estimate of drug-likeness (QED) is 0.578. The van der Waals surface area contributed by atoms with Crippen LogP contribution in [0.4, 0.5) is 15.9 Å². The molecule has 0 aliphatic heterocycles. The number of hydrogen-bond acceptors (Lipinski definition) is 3. The van der Waals surface area contributed by atoms with Gasteiger partial charge in [0.2, 0.25) is 0 Å². The number of pyridine rings is 1. The Balaban J connectivity index is 2.12. The van der Waals surface area contributed by atoms with Gasteiger partial charge in [-0.3, -0.25) is 4.40 Å². The summed E-state index contributed by atoms with van der Waals surface area (Å²) in [5, 5.41) is 8.73. The number of imidazole rings is 1. The zero-order valence-corrected chi connectivity index (χ0v) is 13.7. The first-order valence-electron chi connectivity index (χ1n) is 7.62. The van der Waals surface area contributed by atoms with Gasteiger partial charge in [-0.1, -0.05) is 31.5 Å². The van der Waals surface area contributed by atoms with Gasteiger partial charge in [-0.15, -0.1) is 10.2 Å². The van der Waals surface area contributed by atoms with Crippen LogP contribution in [0.2, 0.25) is 0 Å². The fraction of sp³-hybridized carbons (Fsp3) is 0.278. The van der Waals surface area contributed by atoms with E-state index < -0.39 is 0 Å². The summed E-state index contributed by atoms with van der Waals surface area (Å²) in [5.41, 5.74) is 4.52. The minimum Gasteiger partial charge on any atom is -0.280 e. The monoisotopic (exact) mass is 310 g/mol. The molecule has 0 N–H and O–H groups in total. The smallest absolute Gasteiger partial charge is 0.183 e. The summed E-state index contributed by atoms with van der Waals surface area (Å²) < 4.78 is 15.2. The molecule has 2 heterocycles. The molecule has 0 atom stereocenters. The largest absolute Gasteiger partial charge is 0.280 e. The second-order valence-electron chi connectivity index (χ2n) is 6.04. The lowest BCUT2D eigenvalue weighted by molar-refractivity contribution is 0.619. The first-order valence-corrected chi connectivity index (χ1v) is 7.62. The Labute approximate surface area is 134 Å². The molecule has 2 aromatic heterocycles. The average Bonchev–Trinajstić information content (AvgIpc) is 2.84. The predicted molar refractivity (Wildman–Crippen MR) is 89.3 cm³/mol. The van der Waals surface area contributed by atoms with Crippen LogP contribution in [0.1, 0.15) is 36.6 Å². The summed E-state index contributed by atoms with van der Waals surface area (Å²) in [7, 11) is 0. The van der Waals surface area contributed by atoms with Gasteiger partial charge in [0.15, 0.2) is 5.82 Å². The molecule has 1 aromatic carbocycles. The molecule has 0 amide bonds. The summed E-state index contributed by atoms with van der Waals surface area (Å²) >= 11 is 0. The van der Waals surface area contributed by atoms with E-state index in [0.29, 0.717) is 11.5 Å². The molecule has 0 unspecified atom stereocenters. The Morgan fingerprint density at radius 3 is 2.57 bits per heavy atom. The van der Waals surface area contributed by atoms with Crippen molar-refractivity contribution in [2.45, 2.75) is 33.6 Å². The number of aromatic nitrogens is 2. The second-order valence-corrected chi connectivity index (χ2v) is 6.04. The number of benzene rings is 1. The number of fused-ring (bicyclic) bond motifs is 1. The Bertz CT molecular complexity index is 893. The molecule has 3 rings (SSSR count). The molecule has 0 radical (unpaired) electrons. The lowest BCUT2D eigenvalue weighted by Gasteiger charge is -2.03. The van der Waals surface area contributed by atoms with Crippen molar-refractivity contribution in [1.82, 2.24) is 9.38 Å². The van der Waals surface area contributed by atoms with Crippen LogP contribution < -0.4 is 0 Å². The van der Waals surface area contributed by atoms with E-state index in [1.807, 2.05) is 39.8 Å². The van der Waals surface area contributed by atoms with E-state index in [9.17, 15) is 4.39 Å². The van der Waals surface area contributed by atoms with Gasteiger partial charge in [-0.25, -0.2) is 9.37 Å². The Kier molecular flexibility index (Phi) is 3.94. The number of azo groups is 1. The maximum absolute atomic E-state index is 13.6. The summed E-state index contributed by atoms with van der Waals surface area (Å²) in [6.45, 7) is 8.11. The third kappa shape index (κ3) is 2.99. The zero-order valence-electron chi connectivity index (χ0n) is 13.7. The fourth-order valence-electron chi connectivity index (χ4n) is 2.53. The third-order valence-corrected chi connectivity index (χ3v) is 3.73. The normalized spacial score (nSPS) is 11.9. The number of aryl methyl sites for hydroxylation is 2. The highest BCUT2D eigenvalue weighted by Crippen LogP contribution is 2.30. The summed E-state index contributed by atoms with van der Waals surface area (Å²) in [4.78, 5) is 4.54. The SMILES string of the molecule is Cc1ccc(N=Nc2c(C(C)C)nc3ccc(F)cn23)c(C)c1. The molecule has 0 aliphatic rings. The molecule has 0 aliphatic carbocycles. The Morgan fingerprint density at radius 2 is 1.87 bits per heavy atom. The lowest BCUT2D eigenvalue weighted by Crippen LogP contribution is -1.88. The van der Waals surface area contributed by atoms with E-state index >= 15 is 0 Å². The molecule has 0 saturated carbocycles. The molecule has 23 heavy (non-hydrogen) atoms. The molecular weight excluding hydrogens is 291 g/mol. The van der Waals surface area contributed by atoms with Crippen molar-refractivity contribution in [3.63, 3.8) is 0 Å². The number of halogens is 1. The molecule has 0 bridgehead atoms. The minimum atomic E-state index is -0.326. The van der Waals surface area contributed by atoms with E-state index in [1.54, 1.807) is 10.5 Å². The molecule has 0 fully saturated rings. The topological polar surface area (TPSA) is 42.0 Å². The van der Waals surface area contributed by atoms with E-state index in [4.69, 9.17) is 0 Å². The molecule has 5 heteroatoms. The lowest BCUT2D eigenvalue weighted by atomic mass is 10.1. The fourth-order valence-corrected chi connectivity index (χ4v) is 2.53. The van der Waals surface area contributed by atoms with Crippen molar-refractivity contribution >= 4 is 17.2 Å². The maximum Gasteiger partial charge on any atom is 0.183 e. The van der Waals surface area contributed by atoms with E-state index in [0.717, 1.165) is 16.9 Å². The van der Waals surface area contributed by atoms with Gasteiger partial charge in [-0.05, 0) is 43.5 Å². The standard InChI is InChI=1S/C18H19FN4/c1-11(2)17-18(23-10-14(19)6-8-16(23)20-17)22-21-15-7-5-12(3)9-13(15)4/h5-11H,1-4H3. The van der Waals surface area contributed by atoms with Gasteiger partial charge in [0.05, 0.1) is 11.4 Å². The van der Waals surface area contributed by atoms with Crippen LogP contribution in [0.15, 0.2) is 46.8 Å². The van der Waals surface area contributed by atoms with Gasteiger partial charge in [-0.2, -0.15) is 0 Å². The molecule has 0 saturated heterocycles. The highest BCUT2D eigenvalue weighted by atomic mass is 19.1. The number of nitrogens with zero attached hydrogens (tertiary/aromatic N) is 4. The van der Waals surface area contributed by atoms with Gasteiger partial charge >= 0.3 is 0 Å². The van der Waals surface area contributed by atoms with Crippen LogP contribution in [0.3, 0.4) is 0 Å². The predicted octanol–water partition coefficient (Wildman–Crippen LogP) is 5.63. The highest BCUT2D eigenvalue weighted by Gasteiger charge is 2.15. The van der Waals surface area contributed by atoms with Crippen molar-refractivity contribution in [2.24, 2.45) is 10.2 Å². The summed E-state index contributed by atoms with van der Waals surface area (Å²) in [5.74, 6) is 0.425. The number of rotatable bonds is 3. The van der Waals surface area contributed by atoms with Crippen molar-refractivity contribution in [1.29, 1.82) is 0 Å². The first-order chi connectivity index (χ1) is 11.0. The van der Waals surface area contributed by atoms with Crippen molar-refractivity contribution in [2.75, 3.05) is 0 Å². The van der Waals surface area contributed by atoms with E-state index in [1.165, 1.54) is 17.8 Å². The molecular formula is C18H19FN4. The minimum absolute atomic E-state index is 0.172. The average molecular weight is 310 g/mol. The van der Waals surface area contributed by atoms with Crippen molar-refractivity contribution in [3.05, 3.63) is 59.2 Å². The summed E-state index contributed by atoms with van der Waals surface area (Å²) in [6, 6.07) is 9.05. The Morgan fingerprint density at radius 1 is 1.09 bits per heavy atom. The van der Waals surface area contributed by atoms with Crippen LogP contribution in [0, 0.1) is 19.7 Å². The second kappa shape index (κ2) is 5.91. The number of hydrogen-bond donors (Lipinski definition) is 0. The van der Waals surface area contributed by atoms with E-state index in [2.05, 4.69) is 21.3 Å². The van der Waals surface area contributed by atoms with Gasteiger partial charge in [0, 0.05) is 6.20 Å². The highest BCUT2D eigenvalue weighted by molar-refractivity contribution is 5.54.